The van der Waals surface area contributed by atoms with Crippen molar-refractivity contribution >= 4 is 32.8 Å². The fraction of sp³-hybridized carbons (Fsp3) is 0.303. The Morgan fingerprint density at radius 1 is 0.622 bits per heavy atom. The van der Waals surface area contributed by atoms with Crippen molar-refractivity contribution in [2.45, 2.75) is 59.3 Å². The molecule has 0 saturated carbocycles. The highest BCUT2D eigenvalue weighted by atomic mass is 14.9. The van der Waals surface area contributed by atoms with Gasteiger partial charge in [-0.25, -0.2) is 4.98 Å². The van der Waals surface area contributed by atoms with E-state index in [4.69, 9.17) is 0 Å². The maximum Gasteiger partial charge on any atom is 0.0931 e. The Morgan fingerprint density at radius 2 is 1.24 bits per heavy atom. The molecule has 0 saturated heterocycles. The quantitative estimate of drug-likeness (QED) is 0.254. The van der Waals surface area contributed by atoms with Crippen LogP contribution < -0.4 is 0 Å². The summed E-state index contributed by atoms with van der Waals surface area (Å²) < 4.78 is 2.15. The van der Waals surface area contributed by atoms with Crippen molar-refractivity contribution in [3.63, 3.8) is 0 Å². The van der Waals surface area contributed by atoms with E-state index in [0.29, 0.717) is 17.8 Å². The maximum absolute atomic E-state index is 4.16. The van der Waals surface area contributed by atoms with Crippen molar-refractivity contribution in [3.05, 3.63) is 102 Å². The Bertz CT molecular complexity index is 1500. The van der Waals surface area contributed by atoms with Crippen LogP contribution in [0.5, 0.6) is 0 Å². The van der Waals surface area contributed by atoms with Crippen LogP contribution in [0.15, 0.2) is 85.5 Å². The number of nitrogens with zero attached hydrogens (tertiary/aromatic N) is 2. The molecule has 3 aromatic heterocycles. The largest absolute Gasteiger partial charge is 0.361 e. The zero-order valence-corrected chi connectivity index (χ0v) is 23.2. The van der Waals surface area contributed by atoms with Gasteiger partial charge in [-0.3, -0.25) is 0 Å². The summed E-state index contributed by atoms with van der Waals surface area (Å²) in [7, 11) is 2.08. The Labute approximate surface area is 220 Å². The lowest BCUT2D eigenvalue weighted by molar-refractivity contribution is 0.868. The first-order chi connectivity index (χ1) is 17.7. The maximum atomic E-state index is 4.16. The van der Waals surface area contributed by atoms with Crippen LogP contribution in [0.25, 0.3) is 32.8 Å². The third kappa shape index (κ3) is 6.32. The third-order valence-corrected chi connectivity index (χ3v) is 6.93. The van der Waals surface area contributed by atoms with Crippen LogP contribution in [-0.4, -0.2) is 19.5 Å². The lowest BCUT2D eigenvalue weighted by Crippen LogP contribution is -1.88. The molecule has 3 heterocycles. The molecule has 192 valence electrons. The molecule has 0 aliphatic heterocycles. The molecule has 0 bridgehead atoms. The SMILES string of the molecule is CC(C)c1ccc2[nH]ccc2c1.CC(C)c1ccc2c(ccn2C)c1.CC(C)c1ccc2nc[nH]c2c1. The monoisotopic (exact) mass is 492 g/mol. The van der Waals surface area contributed by atoms with Gasteiger partial charge in [0.25, 0.3) is 0 Å². The molecule has 37 heavy (non-hydrogen) atoms. The number of nitrogens with one attached hydrogen (secondary N) is 2. The molecule has 0 aliphatic rings. The van der Waals surface area contributed by atoms with Gasteiger partial charge in [0.05, 0.1) is 17.4 Å². The number of aromatic nitrogens is 4. The van der Waals surface area contributed by atoms with Gasteiger partial charge < -0.3 is 14.5 Å². The molecule has 0 spiro atoms. The first-order valence-electron chi connectivity index (χ1n) is 13.3. The third-order valence-electron chi connectivity index (χ3n) is 6.93. The van der Waals surface area contributed by atoms with Gasteiger partial charge in [-0.15, -0.1) is 0 Å². The van der Waals surface area contributed by atoms with Crippen molar-refractivity contribution in [1.29, 1.82) is 0 Å². The van der Waals surface area contributed by atoms with E-state index < -0.39 is 0 Å². The van der Waals surface area contributed by atoms with E-state index in [2.05, 4.69) is 141 Å². The lowest BCUT2D eigenvalue weighted by Gasteiger charge is -2.05. The number of hydrogen-bond acceptors (Lipinski definition) is 1. The highest BCUT2D eigenvalue weighted by molar-refractivity contribution is 5.81. The van der Waals surface area contributed by atoms with Gasteiger partial charge in [0.2, 0.25) is 0 Å². The molecule has 3 aromatic carbocycles. The molecule has 0 aliphatic carbocycles. The minimum absolute atomic E-state index is 0.581. The minimum atomic E-state index is 0.581. The summed E-state index contributed by atoms with van der Waals surface area (Å²) in [6.07, 6.45) is 5.82. The molecule has 0 fully saturated rings. The van der Waals surface area contributed by atoms with Crippen LogP contribution in [0.1, 0.15) is 76.0 Å². The van der Waals surface area contributed by atoms with E-state index in [0.717, 1.165) is 11.0 Å². The fourth-order valence-corrected chi connectivity index (χ4v) is 4.40. The van der Waals surface area contributed by atoms with Gasteiger partial charge in [0, 0.05) is 30.5 Å². The van der Waals surface area contributed by atoms with Gasteiger partial charge in [-0.1, -0.05) is 59.7 Å². The van der Waals surface area contributed by atoms with E-state index in [1.54, 1.807) is 6.33 Å². The number of aryl methyl sites for hydroxylation is 1. The Kier molecular flexibility index (Phi) is 8.17. The second-order valence-corrected chi connectivity index (χ2v) is 10.7. The van der Waals surface area contributed by atoms with E-state index in [1.807, 2.05) is 6.20 Å². The summed E-state index contributed by atoms with van der Waals surface area (Å²) in [5, 5.41) is 2.65. The summed E-state index contributed by atoms with van der Waals surface area (Å²) in [5.74, 6) is 1.81. The van der Waals surface area contributed by atoms with Crippen LogP contribution >= 0.6 is 0 Å². The van der Waals surface area contributed by atoms with Crippen LogP contribution in [-0.2, 0) is 7.05 Å². The molecular formula is C33H40N4. The predicted molar refractivity (Wildman–Crippen MR) is 160 cm³/mol. The predicted octanol–water partition coefficient (Wildman–Crippen LogP) is 9.28. The molecule has 2 N–H and O–H groups in total. The first kappa shape index (κ1) is 26.3. The summed E-state index contributed by atoms with van der Waals surface area (Å²) >= 11 is 0. The fourth-order valence-electron chi connectivity index (χ4n) is 4.40. The van der Waals surface area contributed by atoms with E-state index in [-0.39, 0.29) is 0 Å². The Hall–Kier alpha value is -3.79. The van der Waals surface area contributed by atoms with Crippen molar-refractivity contribution in [2.24, 2.45) is 7.05 Å². The summed E-state index contributed by atoms with van der Waals surface area (Å²) in [6.45, 7) is 13.3. The van der Waals surface area contributed by atoms with E-state index in [1.165, 1.54) is 38.5 Å². The average Bonchev–Trinajstić information content (AvgIpc) is 3.63. The number of benzene rings is 3. The molecule has 0 radical (unpaired) electrons. The highest BCUT2D eigenvalue weighted by Crippen LogP contribution is 2.22. The van der Waals surface area contributed by atoms with Crippen molar-refractivity contribution in [2.75, 3.05) is 0 Å². The second kappa shape index (κ2) is 11.5. The molecule has 0 unspecified atom stereocenters. The number of fused-ring (bicyclic) bond motifs is 3. The topological polar surface area (TPSA) is 49.4 Å². The van der Waals surface area contributed by atoms with Gasteiger partial charge in [0.15, 0.2) is 0 Å². The number of rotatable bonds is 3. The first-order valence-corrected chi connectivity index (χ1v) is 13.3. The van der Waals surface area contributed by atoms with Crippen LogP contribution in [0.2, 0.25) is 0 Å². The van der Waals surface area contributed by atoms with Crippen LogP contribution in [0.3, 0.4) is 0 Å². The number of aromatic amines is 2. The Balaban J connectivity index is 0.000000130. The van der Waals surface area contributed by atoms with Gasteiger partial charge in [-0.2, -0.15) is 0 Å². The average molecular weight is 493 g/mol. The molecule has 4 heteroatoms. The number of hydrogen-bond donors (Lipinski definition) is 2. The van der Waals surface area contributed by atoms with Crippen molar-refractivity contribution in [1.82, 2.24) is 19.5 Å². The van der Waals surface area contributed by atoms with Crippen molar-refractivity contribution < 1.29 is 0 Å². The molecular weight excluding hydrogens is 452 g/mol. The molecule has 6 rings (SSSR count). The molecule has 4 nitrogen and oxygen atoms in total. The molecule has 0 atom stereocenters. The van der Waals surface area contributed by atoms with Crippen LogP contribution in [0.4, 0.5) is 0 Å². The molecule has 6 aromatic rings. The summed E-state index contributed by atoms with van der Waals surface area (Å²) in [6, 6.07) is 23.9. The van der Waals surface area contributed by atoms with Gasteiger partial charge >= 0.3 is 0 Å². The summed E-state index contributed by atoms with van der Waals surface area (Å²) in [4.78, 5) is 10.5. The van der Waals surface area contributed by atoms with Gasteiger partial charge in [0.1, 0.15) is 0 Å². The van der Waals surface area contributed by atoms with E-state index in [9.17, 15) is 0 Å². The van der Waals surface area contributed by atoms with E-state index >= 15 is 0 Å². The zero-order valence-electron chi connectivity index (χ0n) is 23.2. The standard InChI is InChI=1S/C12H15N.C11H13N.C10H12N2/c1-9(2)10-4-5-12-11(8-10)6-7-13(12)3;1-8(2)9-3-4-11-10(7-9)5-6-12-11;1-7(2)8-3-4-9-10(5-8)12-6-11-9/h4-9H,1-3H3;3-8,12H,1-2H3;3-7H,1-2H3,(H,11,12). The normalized spacial score (nSPS) is 11.3. The Morgan fingerprint density at radius 3 is 1.95 bits per heavy atom. The number of H-pyrrole nitrogens is 2. The van der Waals surface area contributed by atoms with Crippen LogP contribution in [0, 0.1) is 0 Å². The number of imidazole rings is 1. The smallest absolute Gasteiger partial charge is 0.0931 e. The van der Waals surface area contributed by atoms with Crippen molar-refractivity contribution in [3.8, 4) is 0 Å². The lowest BCUT2D eigenvalue weighted by atomic mass is 10.0. The zero-order chi connectivity index (χ0) is 26.5. The second-order valence-electron chi connectivity index (χ2n) is 10.7. The summed E-state index contributed by atoms with van der Waals surface area (Å²) in [5.41, 5.74) is 8.87. The van der Waals surface area contributed by atoms with Gasteiger partial charge in [-0.05, 0) is 93.7 Å². The minimum Gasteiger partial charge on any atom is -0.361 e. The highest BCUT2D eigenvalue weighted by Gasteiger charge is 2.03. The molecule has 0 amide bonds.